The van der Waals surface area contributed by atoms with Gasteiger partial charge in [-0.3, -0.25) is 4.79 Å². The van der Waals surface area contributed by atoms with Gasteiger partial charge < -0.3 is 4.90 Å². The van der Waals surface area contributed by atoms with Gasteiger partial charge in [-0.15, -0.1) is 0 Å². The molecule has 0 bridgehead atoms. The van der Waals surface area contributed by atoms with Crippen molar-refractivity contribution in [3.8, 4) is 0 Å². The van der Waals surface area contributed by atoms with E-state index in [0.29, 0.717) is 23.9 Å². The van der Waals surface area contributed by atoms with E-state index in [-0.39, 0.29) is 31.2 Å². The van der Waals surface area contributed by atoms with Crippen LogP contribution >= 0.6 is 0 Å². The Morgan fingerprint density at radius 3 is 2.73 bits per heavy atom. The zero-order valence-corrected chi connectivity index (χ0v) is 12.3. The van der Waals surface area contributed by atoms with Crippen molar-refractivity contribution in [1.82, 2.24) is 15.2 Å². The first-order valence-corrected chi connectivity index (χ1v) is 7.29. The Hall–Kier alpha value is -2.05. The third kappa shape index (κ3) is 3.08. The zero-order valence-electron chi connectivity index (χ0n) is 12.3. The van der Waals surface area contributed by atoms with E-state index < -0.39 is 5.92 Å². The van der Waals surface area contributed by atoms with Crippen molar-refractivity contribution >= 4 is 16.9 Å². The van der Waals surface area contributed by atoms with Gasteiger partial charge in [0.05, 0.1) is 6.42 Å². The smallest absolute Gasteiger partial charge is 0.248 e. The Balaban J connectivity index is 1.63. The number of benzene rings is 1. The van der Waals surface area contributed by atoms with Gasteiger partial charge in [-0.05, 0) is 40.9 Å². The highest BCUT2D eigenvalue weighted by Gasteiger charge is 2.37. The Bertz CT molecular complexity index is 676. The average molecular weight is 309 g/mol. The molecule has 1 saturated carbocycles. The summed E-state index contributed by atoms with van der Waals surface area (Å²) in [5, 5.41) is 7.45. The van der Waals surface area contributed by atoms with Crippen LogP contribution in [0.5, 0.6) is 0 Å². The molecular weight excluding hydrogens is 292 g/mol. The van der Waals surface area contributed by atoms with Crippen LogP contribution < -0.4 is 0 Å². The Morgan fingerprint density at radius 1 is 1.32 bits per heavy atom. The molecular formula is C15H17F2N3O2. The number of amides is 1. The number of hydrogen-bond acceptors (Lipinski definition) is 4. The van der Waals surface area contributed by atoms with Crippen molar-refractivity contribution in [1.29, 1.82) is 0 Å². The van der Waals surface area contributed by atoms with Crippen molar-refractivity contribution in [3.05, 3.63) is 23.8 Å². The fraction of sp³-hybridized carbons (Fsp3) is 0.533. The largest absolute Gasteiger partial charge is 0.342 e. The van der Waals surface area contributed by atoms with Crippen molar-refractivity contribution in [3.63, 3.8) is 0 Å². The van der Waals surface area contributed by atoms with Crippen LogP contribution in [0.2, 0.25) is 0 Å². The van der Waals surface area contributed by atoms with Crippen molar-refractivity contribution in [2.24, 2.45) is 0 Å². The van der Waals surface area contributed by atoms with Gasteiger partial charge in [0.1, 0.15) is 11.0 Å². The molecule has 1 aliphatic carbocycles. The molecule has 1 amide bonds. The lowest BCUT2D eigenvalue weighted by Crippen LogP contribution is -2.42. The Kier molecular flexibility index (Phi) is 3.80. The predicted octanol–water partition coefficient (Wildman–Crippen LogP) is 2.80. The van der Waals surface area contributed by atoms with E-state index in [1.165, 1.54) is 0 Å². The van der Waals surface area contributed by atoms with Crippen LogP contribution in [0, 0.1) is 0 Å². The molecule has 0 N–H and O–H groups in total. The summed E-state index contributed by atoms with van der Waals surface area (Å²) in [6, 6.07) is 5.19. The van der Waals surface area contributed by atoms with Gasteiger partial charge in [0.15, 0.2) is 0 Å². The molecule has 22 heavy (non-hydrogen) atoms. The average Bonchev–Trinajstić information content (AvgIpc) is 2.94. The first-order chi connectivity index (χ1) is 10.4. The molecule has 5 nitrogen and oxygen atoms in total. The molecule has 0 aliphatic heterocycles. The zero-order chi connectivity index (χ0) is 15.7. The maximum atomic E-state index is 13.2. The molecule has 7 heteroatoms. The number of alkyl halides is 2. The molecule has 0 atom stereocenters. The van der Waals surface area contributed by atoms with Crippen LogP contribution in [-0.4, -0.2) is 40.1 Å². The van der Waals surface area contributed by atoms with E-state index in [4.69, 9.17) is 0 Å². The number of hydrogen-bond donors (Lipinski definition) is 0. The van der Waals surface area contributed by atoms with Crippen LogP contribution in [0.15, 0.2) is 22.8 Å². The summed E-state index contributed by atoms with van der Waals surface area (Å²) in [5.74, 6) is -2.66. The standard InChI is InChI=1S/C15H17F2N3O2/c1-20(11-4-6-15(16,17)7-5-11)14(21)9-10-2-3-12-13(8-10)19-22-18-12/h2-3,8,11H,4-7,9H2,1H3. The summed E-state index contributed by atoms with van der Waals surface area (Å²) in [6.07, 6.45) is 0.618. The molecule has 3 rings (SSSR count). The number of rotatable bonds is 3. The lowest BCUT2D eigenvalue weighted by molar-refractivity contribution is -0.134. The van der Waals surface area contributed by atoms with Crippen molar-refractivity contribution in [2.45, 2.75) is 44.1 Å². The second-order valence-corrected chi connectivity index (χ2v) is 5.86. The number of aromatic nitrogens is 2. The second-order valence-electron chi connectivity index (χ2n) is 5.86. The topological polar surface area (TPSA) is 59.2 Å². The van der Waals surface area contributed by atoms with E-state index in [1.807, 2.05) is 0 Å². The molecule has 0 unspecified atom stereocenters. The fourth-order valence-electron chi connectivity index (χ4n) is 2.85. The normalized spacial score (nSPS) is 18.5. The summed E-state index contributed by atoms with van der Waals surface area (Å²) in [6.45, 7) is 0. The van der Waals surface area contributed by atoms with Gasteiger partial charge in [0.2, 0.25) is 11.8 Å². The SMILES string of the molecule is CN(C(=O)Cc1ccc2nonc2c1)C1CCC(F)(F)CC1. The Labute approximate surface area is 126 Å². The van der Waals surface area contributed by atoms with E-state index in [0.717, 1.165) is 5.56 Å². The van der Waals surface area contributed by atoms with Gasteiger partial charge in [-0.2, -0.15) is 0 Å². The number of carbonyl (C=O) groups is 1. The molecule has 0 spiro atoms. The van der Waals surface area contributed by atoms with Gasteiger partial charge in [-0.1, -0.05) is 6.07 Å². The number of fused-ring (bicyclic) bond motifs is 1. The fourth-order valence-corrected chi connectivity index (χ4v) is 2.85. The van der Waals surface area contributed by atoms with E-state index in [2.05, 4.69) is 14.9 Å². The van der Waals surface area contributed by atoms with Gasteiger partial charge in [0, 0.05) is 25.9 Å². The number of halogens is 2. The molecule has 1 aliphatic rings. The molecule has 1 aromatic heterocycles. The minimum absolute atomic E-state index is 0.0778. The number of nitrogens with zero attached hydrogens (tertiary/aromatic N) is 3. The minimum atomic E-state index is -2.58. The van der Waals surface area contributed by atoms with Gasteiger partial charge in [-0.25, -0.2) is 13.4 Å². The summed E-state index contributed by atoms with van der Waals surface area (Å²) in [5.41, 5.74) is 2.05. The number of carbonyl (C=O) groups excluding carboxylic acids is 1. The van der Waals surface area contributed by atoms with Crippen molar-refractivity contribution in [2.75, 3.05) is 7.05 Å². The molecule has 1 heterocycles. The van der Waals surface area contributed by atoms with Crippen LogP contribution in [0.1, 0.15) is 31.2 Å². The highest BCUT2D eigenvalue weighted by atomic mass is 19.3. The van der Waals surface area contributed by atoms with E-state index >= 15 is 0 Å². The summed E-state index contributed by atoms with van der Waals surface area (Å²) in [4.78, 5) is 13.9. The highest BCUT2D eigenvalue weighted by Crippen LogP contribution is 2.34. The lowest BCUT2D eigenvalue weighted by Gasteiger charge is -2.34. The number of likely N-dealkylation sites (N-methyl/N-ethyl adjacent to an activating group) is 1. The quantitative estimate of drug-likeness (QED) is 0.875. The molecule has 2 aromatic rings. The lowest BCUT2D eigenvalue weighted by atomic mass is 9.91. The molecule has 0 radical (unpaired) electrons. The van der Waals surface area contributed by atoms with E-state index in [1.54, 1.807) is 30.1 Å². The minimum Gasteiger partial charge on any atom is -0.342 e. The maximum Gasteiger partial charge on any atom is 0.248 e. The summed E-state index contributed by atoms with van der Waals surface area (Å²) >= 11 is 0. The summed E-state index contributed by atoms with van der Waals surface area (Å²) in [7, 11) is 1.69. The van der Waals surface area contributed by atoms with Gasteiger partial charge in [0.25, 0.3) is 0 Å². The van der Waals surface area contributed by atoms with Gasteiger partial charge >= 0.3 is 0 Å². The first-order valence-electron chi connectivity index (χ1n) is 7.29. The van der Waals surface area contributed by atoms with Crippen molar-refractivity contribution < 1.29 is 18.2 Å². The Morgan fingerprint density at radius 2 is 2.00 bits per heavy atom. The van der Waals surface area contributed by atoms with Crippen LogP contribution in [0.4, 0.5) is 8.78 Å². The molecule has 1 aromatic carbocycles. The van der Waals surface area contributed by atoms with Crippen LogP contribution in [0.25, 0.3) is 11.0 Å². The van der Waals surface area contributed by atoms with E-state index in [9.17, 15) is 13.6 Å². The predicted molar refractivity (Wildman–Crippen MR) is 75.5 cm³/mol. The summed E-state index contributed by atoms with van der Waals surface area (Å²) < 4.78 is 31.0. The monoisotopic (exact) mass is 309 g/mol. The van der Waals surface area contributed by atoms with Crippen LogP contribution in [0.3, 0.4) is 0 Å². The second kappa shape index (κ2) is 5.62. The first kappa shape index (κ1) is 14.9. The highest BCUT2D eigenvalue weighted by molar-refractivity contribution is 5.81. The van der Waals surface area contributed by atoms with Crippen LogP contribution in [-0.2, 0) is 11.2 Å². The molecule has 118 valence electrons. The maximum absolute atomic E-state index is 13.2. The molecule has 1 fully saturated rings. The third-order valence-electron chi connectivity index (χ3n) is 4.30. The molecule has 0 saturated heterocycles. The third-order valence-corrected chi connectivity index (χ3v) is 4.30.